The molecule has 0 atom stereocenters. The molecule has 0 saturated carbocycles. The summed E-state index contributed by atoms with van der Waals surface area (Å²) in [6, 6.07) is 0. The maximum Gasteiger partial charge on any atom is 0.353 e. The molecular formula is C7H8N6OS2. The quantitative estimate of drug-likeness (QED) is 0.722. The molecule has 0 fully saturated rings. The lowest BCUT2D eigenvalue weighted by molar-refractivity contribution is 0.598. The van der Waals surface area contributed by atoms with Crippen LogP contribution in [-0.2, 0) is 5.88 Å². The fourth-order valence-corrected chi connectivity index (χ4v) is 1.76. The minimum atomic E-state index is -0.311. The van der Waals surface area contributed by atoms with Crippen LogP contribution in [0.4, 0.5) is 0 Å². The van der Waals surface area contributed by atoms with Crippen LogP contribution < -0.4 is 11.4 Å². The summed E-state index contributed by atoms with van der Waals surface area (Å²) in [6.07, 6.45) is 3.21. The van der Waals surface area contributed by atoms with Crippen molar-refractivity contribution in [2.75, 3.05) is 6.26 Å². The summed E-state index contributed by atoms with van der Waals surface area (Å²) >= 11 is 6.26. The molecule has 2 aromatic heterocycles. The molecule has 0 amide bonds. The van der Waals surface area contributed by atoms with Crippen molar-refractivity contribution < 1.29 is 0 Å². The van der Waals surface area contributed by atoms with E-state index in [9.17, 15) is 4.79 Å². The van der Waals surface area contributed by atoms with E-state index < -0.39 is 0 Å². The summed E-state index contributed by atoms with van der Waals surface area (Å²) in [4.78, 5) is 15.9. The van der Waals surface area contributed by atoms with Crippen molar-refractivity contribution in [3.63, 3.8) is 0 Å². The highest BCUT2D eigenvalue weighted by Gasteiger charge is 2.12. The Kier molecular flexibility index (Phi) is 2.88. The predicted molar refractivity (Wildman–Crippen MR) is 64.4 cm³/mol. The van der Waals surface area contributed by atoms with E-state index in [1.54, 1.807) is 0 Å². The van der Waals surface area contributed by atoms with Crippen molar-refractivity contribution in [3.8, 4) is 0 Å². The largest absolute Gasteiger partial charge is 0.388 e. The second kappa shape index (κ2) is 4.18. The summed E-state index contributed by atoms with van der Waals surface area (Å²) in [7, 11) is 0. The Morgan fingerprint density at radius 3 is 3.06 bits per heavy atom. The molecular weight excluding hydrogens is 248 g/mol. The van der Waals surface area contributed by atoms with E-state index in [0.29, 0.717) is 11.6 Å². The highest BCUT2D eigenvalue weighted by atomic mass is 32.2. The van der Waals surface area contributed by atoms with Crippen LogP contribution >= 0.6 is 24.0 Å². The highest BCUT2D eigenvalue weighted by molar-refractivity contribution is 7.97. The number of fused-ring (bicyclic) bond motifs is 1. The number of hydrogen-bond donors (Lipinski definition) is 1. The lowest BCUT2D eigenvalue weighted by Gasteiger charge is -2.00. The van der Waals surface area contributed by atoms with Crippen LogP contribution in [0.5, 0.6) is 0 Å². The average molecular weight is 256 g/mol. The van der Waals surface area contributed by atoms with Crippen LogP contribution in [0.1, 0.15) is 5.69 Å². The van der Waals surface area contributed by atoms with Crippen molar-refractivity contribution in [2.45, 2.75) is 5.88 Å². The monoisotopic (exact) mass is 256 g/mol. The zero-order valence-electron chi connectivity index (χ0n) is 8.32. The van der Waals surface area contributed by atoms with Crippen LogP contribution in [0.15, 0.2) is 11.1 Å². The molecule has 16 heavy (non-hydrogen) atoms. The Hall–Kier alpha value is -1.48. The van der Waals surface area contributed by atoms with Gasteiger partial charge in [-0.3, -0.25) is 0 Å². The number of thioether (sulfide) groups is 1. The SMILES string of the molecule is CSCn1nnc2c(C(N)=S)ncn2c1=O. The Morgan fingerprint density at radius 2 is 2.44 bits per heavy atom. The fraction of sp³-hybridized carbons (Fsp3) is 0.286. The van der Waals surface area contributed by atoms with Gasteiger partial charge in [-0.25, -0.2) is 14.2 Å². The second-order valence-corrected chi connectivity index (χ2v) is 4.22. The van der Waals surface area contributed by atoms with Crippen molar-refractivity contribution in [2.24, 2.45) is 5.73 Å². The van der Waals surface area contributed by atoms with Crippen molar-refractivity contribution >= 4 is 34.6 Å². The van der Waals surface area contributed by atoms with Crippen LogP contribution in [0.3, 0.4) is 0 Å². The molecule has 7 nitrogen and oxygen atoms in total. The molecule has 84 valence electrons. The molecule has 0 unspecified atom stereocenters. The Bertz CT molecular complexity index is 602. The van der Waals surface area contributed by atoms with Gasteiger partial charge in [0.25, 0.3) is 0 Å². The number of rotatable bonds is 3. The number of thiocarbonyl (C=S) groups is 1. The summed E-state index contributed by atoms with van der Waals surface area (Å²) < 4.78 is 2.51. The van der Waals surface area contributed by atoms with Gasteiger partial charge < -0.3 is 5.73 Å². The van der Waals surface area contributed by atoms with E-state index >= 15 is 0 Å². The number of hydrogen-bond acceptors (Lipinski definition) is 6. The first-order chi connectivity index (χ1) is 7.65. The summed E-state index contributed by atoms with van der Waals surface area (Å²) in [5.41, 5.74) is 5.74. The fourth-order valence-electron chi connectivity index (χ4n) is 1.21. The third-order valence-electron chi connectivity index (χ3n) is 1.90. The first kappa shape index (κ1) is 11.0. The van der Waals surface area contributed by atoms with Crippen molar-refractivity contribution in [1.29, 1.82) is 0 Å². The third kappa shape index (κ3) is 1.67. The number of imidazole rings is 1. The Morgan fingerprint density at radius 1 is 1.69 bits per heavy atom. The molecule has 0 saturated heterocycles. The molecule has 0 aromatic carbocycles. The molecule has 2 aromatic rings. The maximum absolute atomic E-state index is 11.8. The summed E-state index contributed by atoms with van der Waals surface area (Å²) in [6.45, 7) is 0. The summed E-state index contributed by atoms with van der Waals surface area (Å²) in [5, 5.41) is 7.64. The van der Waals surface area contributed by atoms with Gasteiger partial charge in [-0.15, -0.1) is 16.9 Å². The standard InChI is InChI=1S/C7H8N6OS2/c1-16-3-13-7(14)12-2-9-4(5(8)15)6(12)10-11-13/h2H,3H2,1H3,(H2,8,15). The van der Waals surface area contributed by atoms with Crippen LogP contribution in [-0.4, -0.2) is 35.6 Å². The van der Waals surface area contributed by atoms with Gasteiger partial charge in [0.2, 0.25) is 0 Å². The molecule has 0 radical (unpaired) electrons. The Labute approximate surface area is 99.7 Å². The van der Waals surface area contributed by atoms with Gasteiger partial charge in [-0.2, -0.15) is 4.68 Å². The molecule has 0 aliphatic heterocycles. The maximum atomic E-state index is 11.8. The highest BCUT2D eigenvalue weighted by Crippen LogP contribution is 2.02. The number of nitrogens with two attached hydrogens (primary N) is 1. The predicted octanol–water partition coefficient (Wildman–Crippen LogP) is -0.759. The molecule has 0 aliphatic carbocycles. The van der Waals surface area contributed by atoms with E-state index in [2.05, 4.69) is 15.3 Å². The first-order valence-electron chi connectivity index (χ1n) is 4.24. The smallest absolute Gasteiger partial charge is 0.353 e. The number of aromatic nitrogens is 5. The Balaban J connectivity index is 2.69. The van der Waals surface area contributed by atoms with Gasteiger partial charge in [0.15, 0.2) is 5.65 Å². The van der Waals surface area contributed by atoms with E-state index in [-0.39, 0.29) is 16.3 Å². The van der Waals surface area contributed by atoms with Crippen molar-refractivity contribution in [3.05, 3.63) is 22.5 Å². The van der Waals surface area contributed by atoms with Gasteiger partial charge in [-0.05, 0) is 6.26 Å². The molecule has 2 heterocycles. The first-order valence-corrected chi connectivity index (χ1v) is 6.05. The van der Waals surface area contributed by atoms with E-state index in [1.807, 2.05) is 6.26 Å². The molecule has 0 spiro atoms. The van der Waals surface area contributed by atoms with E-state index in [4.69, 9.17) is 18.0 Å². The molecule has 9 heteroatoms. The zero-order valence-corrected chi connectivity index (χ0v) is 9.96. The van der Waals surface area contributed by atoms with Crippen LogP contribution in [0.25, 0.3) is 5.65 Å². The molecule has 2 N–H and O–H groups in total. The minimum absolute atomic E-state index is 0.0961. The third-order valence-corrected chi connectivity index (χ3v) is 2.60. The molecule has 0 aliphatic rings. The van der Waals surface area contributed by atoms with E-state index in [1.165, 1.54) is 27.2 Å². The average Bonchev–Trinajstić information content (AvgIpc) is 2.67. The van der Waals surface area contributed by atoms with Crippen LogP contribution in [0, 0.1) is 0 Å². The number of nitrogens with zero attached hydrogens (tertiary/aromatic N) is 5. The topological polar surface area (TPSA) is 91.1 Å². The lowest BCUT2D eigenvalue weighted by atomic mass is 10.4. The van der Waals surface area contributed by atoms with Crippen LogP contribution in [0.2, 0.25) is 0 Å². The van der Waals surface area contributed by atoms with Gasteiger partial charge in [0.1, 0.15) is 17.0 Å². The molecule has 0 bridgehead atoms. The van der Waals surface area contributed by atoms with Gasteiger partial charge in [0, 0.05) is 0 Å². The minimum Gasteiger partial charge on any atom is -0.388 e. The van der Waals surface area contributed by atoms with Gasteiger partial charge >= 0.3 is 5.69 Å². The normalized spacial score (nSPS) is 10.8. The summed E-state index contributed by atoms with van der Waals surface area (Å²) in [5.74, 6) is 0.433. The van der Waals surface area contributed by atoms with Gasteiger partial charge in [-0.1, -0.05) is 17.4 Å². The van der Waals surface area contributed by atoms with Gasteiger partial charge in [0.05, 0.1) is 5.88 Å². The lowest BCUT2D eigenvalue weighted by Crippen LogP contribution is -2.29. The zero-order chi connectivity index (χ0) is 11.7. The van der Waals surface area contributed by atoms with E-state index in [0.717, 1.165) is 0 Å². The van der Waals surface area contributed by atoms with Crippen molar-refractivity contribution in [1.82, 2.24) is 24.4 Å². The second-order valence-electron chi connectivity index (χ2n) is 2.94. The molecule has 2 rings (SSSR count).